The Labute approximate surface area is 155 Å². The second-order valence-corrected chi connectivity index (χ2v) is 8.94. The summed E-state index contributed by atoms with van der Waals surface area (Å²) < 4.78 is 26.8. The molecule has 1 amide bonds. The van der Waals surface area contributed by atoms with E-state index in [2.05, 4.69) is 15.5 Å². The van der Waals surface area contributed by atoms with Gasteiger partial charge in [0, 0.05) is 18.7 Å². The van der Waals surface area contributed by atoms with E-state index in [1.165, 1.54) is 33.8 Å². The third-order valence-electron chi connectivity index (χ3n) is 3.87. The fourth-order valence-electron chi connectivity index (χ4n) is 2.53. The lowest BCUT2D eigenvalue weighted by Crippen LogP contribution is -2.28. The van der Waals surface area contributed by atoms with Crippen molar-refractivity contribution in [2.45, 2.75) is 31.1 Å². The predicted octanol–water partition coefficient (Wildman–Crippen LogP) is 2.79. The van der Waals surface area contributed by atoms with Crippen molar-refractivity contribution < 1.29 is 13.2 Å². The molecule has 1 saturated heterocycles. The Hall–Kier alpha value is -1.55. The average molecular weight is 401 g/mol. The van der Waals surface area contributed by atoms with Gasteiger partial charge in [0.2, 0.25) is 15.2 Å². The van der Waals surface area contributed by atoms with E-state index in [4.69, 9.17) is 11.6 Å². The Morgan fingerprint density at radius 2 is 2.04 bits per heavy atom. The molecule has 0 saturated carbocycles. The van der Waals surface area contributed by atoms with Gasteiger partial charge in [-0.25, -0.2) is 8.42 Å². The van der Waals surface area contributed by atoms with E-state index in [-0.39, 0.29) is 15.5 Å². The Morgan fingerprint density at radius 3 is 2.68 bits per heavy atom. The van der Waals surface area contributed by atoms with Crippen molar-refractivity contribution in [2.24, 2.45) is 0 Å². The molecule has 10 heteroatoms. The summed E-state index contributed by atoms with van der Waals surface area (Å²) in [5, 5.41) is 11.7. The molecule has 1 N–H and O–H groups in total. The van der Waals surface area contributed by atoms with Gasteiger partial charge in [-0.1, -0.05) is 29.9 Å². The van der Waals surface area contributed by atoms with Crippen LogP contribution < -0.4 is 5.32 Å². The van der Waals surface area contributed by atoms with Crippen molar-refractivity contribution in [1.29, 1.82) is 0 Å². The van der Waals surface area contributed by atoms with Gasteiger partial charge in [0.05, 0.1) is 5.02 Å². The van der Waals surface area contributed by atoms with Crippen LogP contribution in [0.25, 0.3) is 0 Å². The number of rotatable bonds is 5. The molecule has 0 radical (unpaired) electrons. The Morgan fingerprint density at radius 1 is 1.32 bits per heavy atom. The number of aryl methyl sites for hydroxylation is 1. The topological polar surface area (TPSA) is 92.3 Å². The first-order chi connectivity index (χ1) is 11.9. The van der Waals surface area contributed by atoms with E-state index in [9.17, 15) is 13.2 Å². The van der Waals surface area contributed by atoms with Gasteiger partial charge < -0.3 is 0 Å². The van der Waals surface area contributed by atoms with E-state index >= 15 is 0 Å². The number of carbonyl (C=O) groups is 1. The van der Waals surface area contributed by atoms with Crippen LogP contribution in [-0.4, -0.2) is 41.9 Å². The summed E-state index contributed by atoms with van der Waals surface area (Å²) in [4.78, 5) is 12.4. The molecular formula is C15H17ClN4O3S2. The van der Waals surface area contributed by atoms with Gasteiger partial charge in [-0.15, -0.1) is 10.2 Å². The van der Waals surface area contributed by atoms with E-state index in [1.54, 1.807) is 0 Å². The summed E-state index contributed by atoms with van der Waals surface area (Å²) in [7, 11) is -3.70. The highest BCUT2D eigenvalue weighted by Crippen LogP contribution is 2.28. The van der Waals surface area contributed by atoms with Gasteiger partial charge >= 0.3 is 0 Å². The highest BCUT2D eigenvalue weighted by atomic mass is 35.5. The zero-order valence-electron chi connectivity index (χ0n) is 13.5. The summed E-state index contributed by atoms with van der Waals surface area (Å²) >= 11 is 7.37. The van der Waals surface area contributed by atoms with Gasteiger partial charge in [0.1, 0.15) is 9.90 Å². The number of hydrogen-bond donors (Lipinski definition) is 1. The standard InChI is InChI=1S/C15H17ClN4O3S2/c1-2-13-18-19-15(24-13)17-14(21)10-5-6-11(16)12(9-10)25(22,23)20-7-3-4-8-20/h5-6,9H,2-4,7-8H2,1H3,(H,17,19,21). The van der Waals surface area contributed by atoms with Crippen molar-refractivity contribution >= 4 is 44.0 Å². The lowest BCUT2D eigenvalue weighted by atomic mass is 10.2. The molecule has 0 bridgehead atoms. The van der Waals surface area contributed by atoms with E-state index < -0.39 is 15.9 Å². The van der Waals surface area contributed by atoms with Crippen LogP contribution in [0.1, 0.15) is 35.1 Å². The number of sulfonamides is 1. The Balaban J connectivity index is 1.86. The average Bonchev–Trinajstić information content (AvgIpc) is 3.26. The minimum Gasteiger partial charge on any atom is -0.296 e. The van der Waals surface area contributed by atoms with Crippen molar-refractivity contribution in [3.63, 3.8) is 0 Å². The van der Waals surface area contributed by atoms with Crippen molar-refractivity contribution in [2.75, 3.05) is 18.4 Å². The molecule has 0 aliphatic carbocycles. The maximum Gasteiger partial charge on any atom is 0.257 e. The molecular weight excluding hydrogens is 384 g/mol. The van der Waals surface area contributed by atoms with Crippen LogP contribution in [-0.2, 0) is 16.4 Å². The quantitative estimate of drug-likeness (QED) is 0.833. The number of nitrogens with zero attached hydrogens (tertiary/aromatic N) is 3. The first-order valence-electron chi connectivity index (χ1n) is 7.85. The first-order valence-corrected chi connectivity index (χ1v) is 10.5. The number of hydrogen-bond acceptors (Lipinski definition) is 6. The van der Waals surface area contributed by atoms with Crippen molar-refractivity contribution in [3.8, 4) is 0 Å². The number of amides is 1. The summed E-state index contributed by atoms with van der Waals surface area (Å²) in [6, 6.07) is 4.23. The molecule has 1 aromatic heterocycles. The molecule has 7 nitrogen and oxygen atoms in total. The zero-order valence-corrected chi connectivity index (χ0v) is 15.9. The maximum atomic E-state index is 12.7. The third-order valence-corrected chi connectivity index (χ3v) is 7.23. The summed E-state index contributed by atoms with van der Waals surface area (Å²) in [5.74, 6) is -0.451. The number of nitrogens with one attached hydrogen (secondary N) is 1. The smallest absolute Gasteiger partial charge is 0.257 e. The molecule has 2 heterocycles. The van der Waals surface area contributed by atoms with Crippen LogP contribution >= 0.6 is 22.9 Å². The van der Waals surface area contributed by atoms with Crippen LogP contribution in [0.5, 0.6) is 0 Å². The Bertz CT molecular complexity index is 892. The number of benzene rings is 1. The number of anilines is 1. The van der Waals surface area contributed by atoms with Crippen LogP contribution in [0.2, 0.25) is 5.02 Å². The number of carbonyl (C=O) groups excluding carboxylic acids is 1. The molecule has 134 valence electrons. The molecule has 2 aromatic rings. The molecule has 0 unspecified atom stereocenters. The lowest BCUT2D eigenvalue weighted by Gasteiger charge is -2.17. The van der Waals surface area contributed by atoms with E-state index in [0.29, 0.717) is 18.2 Å². The summed E-state index contributed by atoms with van der Waals surface area (Å²) in [5.41, 5.74) is 0.204. The largest absolute Gasteiger partial charge is 0.296 e. The van der Waals surface area contributed by atoms with Gasteiger partial charge in [0.25, 0.3) is 5.91 Å². The first kappa shape index (κ1) is 18.2. The van der Waals surface area contributed by atoms with Crippen LogP contribution in [0.15, 0.2) is 23.1 Å². The summed E-state index contributed by atoms with van der Waals surface area (Å²) in [6.07, 6.45) is 2.38. The predicted molar refractivity (Wildman–Crippen MR) is 96.7 cm³/mol. The highest BCUT2D eigenvalue weighted by Gasteiger charge is 2.29. The molecule has 3 rings (SSSR count). The number of halogens is 1. The summed E-state index contributed by atoms with van der Waals surface area (Å²) in [6.45, 7) is 2.89. The highest BCUT2D eigenvalue weighted by molar-refractivity contribution is 7.89. The monoisotopic (exact) mass is 400 g/mol. The van der Waals surface area contributed by atoms with Crippen LogP contribution in [0, 0.1) is 0 Å². The second kappa shape index (κ2) is 7.36. The molecule has 25 heavy (non-hydrogen) atoms. The second-order valence-electron chi connectivity index (χ2n) is 5.57. The van der Waals surface area contributed by atoms with Crippen LogP contribution in [0.4, 0.5) is 5.13 Å². The third kappa shape index (κ3) is 3.84. The number of aromatic nitrogens is 2. The SMILES string of the molecule is CCc1nnc(NC(=O)c2ccc(Cl)c(S(=O)(=O)N3CCCC3)c2)s1. The molecule has 0 atom stereocenters. The maximum absolute atomic E-state index is 12.7. The van der Waals surface area contributed by atoms with E-state index in [0.717, 1.165) is 24.3 Å². The lowest BCUT2D eigenvalue weighted by molar-refractivity contribution is 0.102. The molecule has 1 aliphatic heterocycles. The molecule has 1 fully saturated rings. The molecule has 0 spiro atoms. The molecule has 1 aliphatic rings. The Kier molecular flexibility index (Phi) is 5.38. The van der Waals surface area contributed by atoms with Gasteiger partial charge in [-0.05, 0) is 37.5 Å². The van der Waals surface area contributed by atoms with Crippen molar-refractivity contribution in [1.82, 2.24) is 14.5 Å². The van der Waals surface area contributed by atoms with Crippen molar-refractivity contribution in [3.05, 3.63) is 33.8 Å². The minimum absolute atomic E-state index is 0.0461. The van der Waals surface area contributed by atoms with E-state index in [1.807, 2.05) is 6.92 Å². The minimum atomic E-state index is -3.70. The molecule has 1 aromatic carbocycles. The van der Waals surface area contributed by atoms with Gasteiger partial charge in [-0.3, -0.25) is 10.1 Å². The van der Waals surface area contributed by atoms with Crippen LogP contribution in [0.3, 0.4) is 0 Å². The fraction of sp³-hybridized carbons (Fsp3) is 0.400. The van der Waals surface area contributed by atoms with Gasteiger partial charge in [0.15, 0.2) is 0 Å². The normalized spacial score (nSPS) is 15.4. The fourth-order valence-corrected chi connectivity index (χ4v) is 5.22. The van der Waals surface area contributed by atoms with Gasteiger partial charge in [-0.2, -0.15) is 4.31 Å². The zero-order chi connectivity index (χ0) is 18.0.